The molecular weight excluding hydrogens is 272 g/mol. The lowest BCUT2D eigenvalue weighted by molar-refractivity contribution is -0.0697. The zero-order chi connectivity index (χ0) is 16.1. The van der Waals surface area contributed by atoms with Gasteiger partial charge in [0, 0.05) is 5.41 Å². The molecule has 120 valence electrons. The highest BCUT2D eigenvalue weighted by Gasteiger charge is 2.57. The molecule has 0 amide bonds. The first-order chi connectivity index (χ1) is 10.4. The number of allylic oxidation sites excluding steroid dienone is 4. The van der Waals surface area contributed by atoms with Gasteiger partial charge in [0.25, 0.3) is 0 Å². The largest absolute Gasteiger partial charge is 0.389 e. The van der Waals surface area contributed by atoms with Gasteiger partial charge in [0.1, 0.15) is 6.10 Å². The molecular formula is C20H28O2. The van der Waals surface area contributed by atoms with Crippen molar-refractivity contribution in [1.29, 1.82) is 0 Å². The molecule has 3 aliphatic carbocycles. The van der Waals surface area contributed by atoms with Crippen LogP contribution in [-0.4, -0.2) is 22.4 Å². The van der Waals surface area contributed by atoms with Gasteiger partial charge in [0.15, 0.2) is 0 Å². The van der Waals surface area contributed by atoms with Crippen molar-refractivity contribution in [3.63, 3.8) is 0 Å². The van der Waals surface area contributed by atoms with E-state index in [1.54, 1.807) is 0 Å². The topological polar surface area (TPSA) is 40.5 Å². The van der Waals surface area contributed by atoms with Crippen molar-refractivity contribution in [2.45, 2.75) is 51.7 Å². The van der Waals surface area contributed by atoms with E-state index in [4.69, 9.17) is 0 Å². The molecule has 2 fully saturated rings. The van der Waals surface area contributed by atoms with Crippen LogP contribution in [0.3, 0.4) is 0 Å². The van der Waals surface area contributed by atoms with Crippen LogP contribution in [0.5, 0.6) is 0 Å². The van der Waals surface area contributed by atoms with Crippen LogP contribution in [0, 0.1) is 23.2 Å². The van der Waals surface area contributed by atoms with Gasteiger partial charge in [-0.15, -0.1) is 0 Å². The van der Waals surface area contributed by atoms with Crippen LogP contribution in [0.4, 0.5) is 0 Å². The Balaban J connectivity index is 2.10. The van der Waals surface area contributed by atoms with E-state index in [0.29, 0.717) is 11.8 Å². The Labute approximate surface area is 133 Å². The lowest BCUT2D eigenvalue weighted by Crippen LogP contribution is -2.51. The first kappa shape index (κ1) is 15.8. The van der Waals surface area contributed by atoms with Crippen LogP contribution in [0.2, 0.25) is 0 Å². The van der Waals surface area contributed by atoms with E-state index < -0.39 is 12.2 Å². The summed E-state index contributed by atoms with van der Waals surface area (Å²) in [6.45, 7) is 12.9. The van der Waals surface area contributed by atoms with E-state index in [2.05, 4.69) is 45.2 Å². The second kappa shape index (κ2) is 5.50. The molecule has 0 aromatic carbocycles. The average molecular weight is 300 g/mol. The monoisotopic (exact) mass is 300 g/mol. The van der Waals surface area contributed by atoms with Crippen LogP contribution in [0.1, 0.15) is 39.5 Å². The van der Waals surface area contributed by atoms with Gasteiger partial charge in [-0.2, -0.15) is 0 Å². The van der Waals surface area contributed by atoms with E-state index in [0.717, 1.165) is 42.4 Å². The summed E-state index contributed by atoms with van der Waals surface area (Å²) >= 11 is 0. The van der Waals surface area contributed by atoms with E-state index >= 15 is 0 Å². The molecule has 2 N–H and O–H groups in total. The van der Waals surface area contributed by atoms with Crippen molar-refractivity contribution >= 4 is 0 Å². The number of aliphatic hydroxyl groups is 2. The summed E-state index contributed by atoms with van der Waals surface area (Å²) in [4.78, 5) is 0. The summed E-state index contributed by atoms with van der Waals surface area (Å²) in [5, 5.41) is 21.4. The van der Waals surface area contributed by atoms with Gasteiger partial charge in [0.2, 0.25) is 0 Å². The Morgan fingerprint density at radius 2 is 1.95 bits per heavy atom. The lowest BCUT2D eigenvalue weighted by Gasteiger charge is -2.47. The van der Waals surface area contributed by atoms with Crippen molar-refractivity contribution in [1.82, 2.24) is 0 Å². The fraction of sp³-hybridized carbons (Fsp3) is 0.600. The van der Waals surface area contributed by atoms with Crippen molar-refractivity contribution in [2.24, 2.45) is 23.2 Å². The van der Waals surface area contributed by atoms with Crippen LogP contribution < -0.4 is 0 Å². The van der Waals surface area contributed by atoms with E-state index in [1.807, 2.05) is 0 Å². The first-order valence-electron chi connectivity index (χ1n) is 8.47. The number of fused-ring (bicyclic) bond motifs is 1. The molecule has 0 spiro atoms. The fourth-order valence-electron chi connectivity index (χ4n) is 4.77. The highest BCUT2D eigenvalue weighted by atomic mass is 16.3. The third kappa shape index (κ3) is 2.24. The molecule has 3 rings (SSSR count). The molecule has 22 heavy (non-hydrogen) atoms. The molecule has 0 saturated heterocycles. The highest BCUT2D eigenvalue weighted by molar-refractivity contribution is 5.44. The average Bonchev–Trinajstić information content (AvgIpc) is 2.83. The van der Waals surface area contributed by atoms with Crippen LogP contribution in [0.15, 0.2) is 48.1 Å². The lowest BCUT2D eigenvalue weighted by atomic mass is 9.60. The number of hydrogen-bond donors (Lipinski definition) is 2. The van der Waals surface area contributed by atoms with E-state index in [-0.39, 0.29) is 11.3 Å². The maximum absolute atomic E-state index is 10.8. The second-order valence-corrected chi connectivity index (χ2v) is 7.76. The van der Waals surface area contributed by atoms with E-state index in [1.165, 1.54) is 0 Å². The molecule has 2 saturated carbocycles. The molecule has 0 radical (unpaired) electrons. The Bertz CT molecular complexity index is 556. The van der Waals surface area contributed by atoms with Crippen molar-refractivity contribution < 1.29 is 10.2 Å². The summed E-state index contributed by atoms with van der Waals surface area (Å²) in [6, 6.07) is 0. The first-order valence-corrected chi connectivity index (χ1v) is 8.47. The minimum atomic E-state index is -0.804. The number of hydrogen-bond acceptors (Lipinski definition) is 2. The molecule has 2 bridgehead atoms. The minimum Gasteiger partial charge on any atom is -0.389 e. The van der Waals surface area contributed by atoms with Crippen LogP contribution in [0.25, 0.3) is 0 Å². The maximum Gasteiger partial charge on any atom is 0.105 e. The van der Waals surface area contributed by atoms with Crippen molar-refractivity contribution in [3.05, 3.63) is 48.1 Å². The SMILES string of the molecule is C=C1/C2=C\C[C@@H](C)C/C=C/C(=C)[C@@H]3CC[C@@](C)([C@H]13)[C@@H](O)[C@@H]2O. The third-order valence-corrected chi connectivity index (χ3v) is 6.23. The highest BCUT2D eigenvalue weighted by Crippen LogP contribution is 2.59. The predicted molar refractivity (Wildman–Crippen MR) is 90.2 cm³/mol. The molecule has 0 aromatic rings. The van der Waals surface area contributed by atoms with Gasteiger partial charge in [-0.1, -0.05) is 50.8 Å². The number of rotatable bonds is 0. The Kier molecular flexibility index (Phi) is 3.94. The Morgan fingerprint density at radius 1 is 1.23 bits per heavy atom. The maximum atomic E-state index is 10.8. The summed E-state index contributed by atoms with van der Waals surface area (Å²) in [6.07, 6.45) is 8.83. The minimum absolute atomic E-state index is 0.183. The molecule has 0 unspecified atom stereocenters. The van der Waals surface area contributed by atoms with Gasteiger partial charge in [-0.3, -0.25) is 0 Å². The van der Waals surface area contributed by atoms with Crippen LogP contribution >= 0.6 is 0 Å². The summed E-state index contributed by atoms with van der Waals surface area (Å²) in [7, 11) is 0. The fourth-order valence-corrected chi connectivity index (χ4v) is 4.77. The Hall–Kier alpha value is -1.12. The smallest absolute Gasteiger partial charge is 0.105 e. The predicted octanol–water partition coefficient (Wildman–Crippen LogP) is 3.78. The quantitative estimate of drug-likeness (QED) is 0.715. The van der Waals surface area contributed by atoms with E-state index in [9.17, 15) is 10.2 Å². The van der Waals surface area contributed by atoms with Gasteiger partial charge in [-0.05, 0) is 54.6 Å². The van der Waals surface area contributed by atoms with Gasteiger partial charge in [-0.25, -0.2) is 0 Å². The molecule has 6 atom stereocenters. The van der Waals surface area contributed by atoms with Gasteiger partial charge >= 0.3 is 0 Å². The van der Waals surface area contributed by atoms with Crippen molar-refractivity contribution in [3.8, 4) is 0 Å². The Morgan fingerprint density at radius 3 is 2.68 bits per heavy atom. The van der Waals surface area contributed by atoms with Crippen LogP contribution in [-0.2, 0) is 0 Å². The zero-order valence-corrected chi connectivity index (χ0v) is 13.8. The molecule has 2 heteroatoms. The zero-order valence-electron chi connectivity index (χ0n) is 13.8. The van der Waals surface area contributed by atoms with Gasteiger partial charge in [0.05, 0.1) is 6.10 Å². The number of aliphatic hydroxyl groups excluding tert-OH is 2. The summed E-state index contributed by atoms with van der Waals surface area (Å²) < 4.78 is 0. The van der Waals surface area contributed by atoms with Gasteiger partial charge < -0.3 is 10.2 Å². The molecule has 0 heterocycles. The van der Waals surface area contributed by atoms with Crippen molar-refractivity contribution in [2.75, 3.05) is 0 Å². The summed E-state index contributed by atoms with van der Waals surface area (Å²) in [5.74, 6) is 1.02. The standard InChI is InChI=1S/C20H28O2/c1-12-6-5-7-13(2)15-10-11-20(4)17(15)14(3)16(9-8-12)18(21)19(20)22/h5,7,9,12,15,17-19,21-22H,2-3,6,8,10-11H2,1,4H3/b7-5+,16-9+/t12-,15-,17+,18+,19-,20-/m0/s1. The molecule has 2 nitrogen and oxygen atoms in total. The second-order valence-electron chi connectivity index (χ2n) is 7.76. The summed E-state index contributed by atoms with van der Waals surface area (Å²) in [5.41, 5.74) is 2.73. The molecule has 0 aliphatic heterocycles. The molecule has 0 aromatic heterocycles. The third-order valence-electron chi connectivity index (χ3n) is 6.23. The normalized spacial score (nSPS) is 49.3. The molecule has 3 aliphatic rings.